The number of hydrogen-bond acceptors (Lipinski definition) is 3. The van der Waals surface area contributed by atoms with Gasteiger partial charge in [-0.1, -0.05) is 35.9 Å². The highest BCUT2D eigenvalue weighted by Gasteiger charge is 2.17. The molecule has 0 aliphatic rings. The summed E-state index contributed by atoms with van der Waals surface area (Å²) in [5, 5.41) is 3.45. The van der Waals surface area contributed by atoms with Gasteiger partial charge < -0.3 is 14.8 Å². The number of carbonyl (C=O) groups is 1. The predicted molar refractivity (Wildman–Crippen MR) is 95.8 cm³/mol. The molecular formula is C19H22ClNO3. The van der Waals surface area contributed by atoms with Crippen molar-refractivity contribution in [3.05, 3.63) is 59.1 Å². The fourth-order valence-corrected chi connectivity index (χ4v) is 2.31. The summed E-state index contributed by atoms with van der Waals surface area (Å²) >= 11 is 5.91. The van der Waals surface area contributed by atoms with E-state index in [1.165, 1.54) is 0 Å². The molecule has 0 bridgehead atoms. The Hall–Kier alpha value is -2.20. The Morgan fingerprint density at radius 3 is 2.62 bits per heavy atom. The highest BCUT2D eigenvalue weighted by Crippen LogP contribution is 2.18. The molecule has 4 nitrogen and oxygen atoms in total. The Morgan fingerprint density at radius 1 is 1.17 bits per heavy atom. The van der Waals surface area contributed by atoms with Crippen molar-refractivity contribution < 1.29 is 14.3 Å². The Labute approximate surface area is 147 Å². The third-order valence-electron chi connectivity index (χ3n) is 3.45. The molecule has 2 rings (SSSR count). The first kappa shape index (κ1) is 18.1. The van der Waals surface area contributed by atoms with E-state index in [0.29, 0.717) is 17.4 Å². The van der Waals surface area contributed by atoms with Crippen LogP contribution in [0.3, 0.4) is 0 Å². The van der Waals surface area contributed by atoms with Crippen LogP contribution in [-0.2, 0) is 4.79 Å². The number of ether oxygens (including phenoxy) is 2. The van der Waals surface area contributed by atoms with Crippen molar-refractivity contribution in [3.8, 4) is 11.5 Å². The van der Waals surface area contributed by atoms with E-state index >= 15 is 0 Å². The van der Waals surface area contributed by atoms with Crippen LogP contribution in [0.25, 0.3) is 0 Å². The maximum atomic E-state index is 12.2. The van der Waals surface area contributed by atoms with Gasteiger partial charge >= 0.3 is 0 Å². The summed E-state index contributed by atoms with van der Waals surface area (Å²) in [6.45, 7) is 5.97. The van der Waals surface area contributed by atoms with Crippen LogP contribution in [0, 0.1) is 6.92 Å². The maximum absolute atomic E-state index is 12.2. The van der Waals surface area contributed by atoms with E-state index in [4.69, 9.17) is 21.1 Å². The van der Waals surface area contributed by atoms with Gasteiger partial charge in [-0.25, -0.2) is 0 Å². The molecule has 2 aromatic carbocycles. The second kappa shape index (κ2) is 8.60. The van der Waals surface area contributed by atoms with Gasteiger partial charge in [0.05, 0.1) is 6.04 Å². The summed E-state index contributed by atoms with van der Waals surface area (Å²) < 4.78 is 11.3. The molecular weight excluding hydrogens is 326 g/mol. The number of halogens is 1. The summed E-state index contributed by atoms with van der Waals surface area (Å²) in [6, 6.07) is 14.6. The van der Waals surface area contributed by atoms with Gasteiger partial charge in [-0.2, -0.15) is 0 Å². The van der Waals surface area contributed by atoms with E-state index in [1.807, 2.05) is 38.1 Å². The highest BCUT2D eigenvalue weighted by atomic mass is 35.5. The second-order valence-electron chi connectivity index (χ2n) is 5.70. The number of carbonyl (C=O) groups excluding carboxylic acids is 1. The lowest BCUT2D eigenvalue weighted by Gasteiger charge is -2.19. The fraction of sp³-hybridized carbons (Fsp3) is 0.316. The number of hydrogen-bond donors (Lipinski definition) is 1. The number of nitrogens with one attached hydrogen (secondary N) is 1. The number of benzene rings is 2. The molecule has 1 amide bonds. The lowest BCUT2D eigenvalue weighted by atomic mass is 10.2. The van der Waals surface area contributed by atoms with E-state index in [2.05, 4.69) is 5.32 Å². The van der Waals surface area contributed by atoms with Crippen molar-refractivity contribution in [2.24, 2.45) is 0 Å². The molecule has 2 atom stereocenters. The molecule has 0 heterocycles. The van der Waals surface area contributed by atoms with Gasteiger partial charge in [0, 0.05) is 5.02 Å². The third kappa shape index (κ3) is 5.46. The highest BCUT2D eigenvalue weighted by molar-refractivity contribution is 6.30. The van der Waals surface area contributed by atoms with E-state index in [-0.39, 0.29) is 11.9 Å². The smallest absolute Gasteiger partial charge is 0.261 e. The van der Waals surface area contributed by atoms with E-state index < -0.39 is 6.10 Å². The van der Waals surface area contributed by atoms with Gasteiger partial charge in [-0.3, -0.25) is 4.79 Å². The van der Waals surface area contributed by atoms with Gasteiger partial charge in [-0.05, 0) is 50.6 Å². The van der Waals surface area contributed by atoms with E-state index in [9.17, 15) is 4.79 Å². The Bertz CT molecular complexity index is 690. The quantitative estimate of drug-likeness (QED) is 0.823. The Morgan fingerprint density at radius 2 is 1.92 bits per heavy atom. The molecule has 1 N–H and O–H groups in total. The van der Waals surface area contributed by atoms with E-state index in [0.717, 1.165) is 11.3 Å². The molecule has 5 heteroatoms. The molecule has 2 aromatic rings. The first-order valence-corrected chi connectivity index (χ1v) is 8.24. The van der Waals surface area contributed by atoms with Crippen molar-refractivity contribution in [2.45, 2.75) is 32.9 Å². The van der Waals surface area contributed by atoms with Crippen LogP contribution >= 0.6 is 11.6 Å². The van der Waals surface area contributed by atoms with Gasteiger partial charge in [0.1, 0.15) is 18.1 Å². The van der Waals surface area contributed by atoms with Gasteiger partial charge in [0.15, 0.2) is 6.10 Å². The minimum absolute atomic E-state index is 0.137. The first-order chi connectivity index (χ1) is 11.5. The van der Waals surface area contributed by atoms with Crippen molar-refractivity contribution in [1.82, 2.24) is 5.32 Å². The monoisotopic (exact) mass is 347 g/mol. The van der Waals surface area contributed by atoms with Crippen LogP contribution in [0.4, 0.5) is 0 Å². The van der Waals surface area contributed by atoms with Crippen molar-refractivity contribution in [1.29, 1.82) is 0 Å². The van der Waals surface area contributed by atoms with Crippen LogP contribution in [0.15, 0.2) is 48.5 Å². The van der Waals surface area contributed by atoms with Crippen molar-refractivity contribution in [2.75, 3.05) is 6.61 Å². The normalized spacial score (nSPS) is 13.0. The molecule has 0 aromatic heterocycles. The molecule has 0 aliphatic heterocycles. The molecule has 0 saturated carbocycles. The molecule has 0 fully saturated rings. The first-order valence-electron chi connectivity index (χ1n) is 7.86. The maximum Gasteiger partial charge on any atom is 0.261 e. The van der Waals surface area contributed by atoms with Crippen LogP contribution in [0.1, 0.15) is 19.4 Å². The van der Waals surface area contributed by atoms with E-state index in [1.54, 1.807) is 31.2 Å². The number of para-hydroxylation sites is 1. The summed E-state index contributed by atoms with van der Waals surface area (Å²) in [5.74, 6) is 1.19. The van der Waals surface area contributed by atoms with Crippen LogP contribution in [0.2, 0.25) is 5.02 Å². The minimum atomic E-state index is -0.621. The lowest BCUT2D eigenvalue weighted by Crippen LogP contribution is -2.43. The zero-order valence-corrected chi connectivity index (χ0v) is 14.8. The van der Waals surface area contributed by atoms with Crippen LogP contribution in [0.5, 0.6) is 11.5 Å². The average molecular weight is 348 g/mol. The minimum Gasteiger partial charge on any atom is -0.491 e. The summed E-state index contributed by atoms with van der Waals surface area (Å²) in [7, 11) is 0. The average Bonchev–Trinajstić information content (AvgIpc) is 2.54. The van der Waals surface area contributed by atoms with Gasteiger partial charge in [0.2, 0.25) is 0 Å². The molecule has 128 valence electrons. The number of rotatable bonds is 7. The van der Waals surface area contributed by atoms with Gasteiger partial charge in [0.25, 0.3) is 5.91 Å². The standard InChI is InChI=1S/C19H22ClNO3/c1-13-7-4-5-10-18(13)23-12-14(2)21-19(22)15(3)24-17-9-6-8-16(20)11-17/h4-11,14-15H,12H2,1-3H3,(H,21,22)/t14-,15-/m1/s1. The summed E-state index contributed by atoms with van der Waals surface area (Å²) in [4.78, 5) is 12.2. The molecule has 0 radical (unpaired) electrons. The predicted octanol–water partition coefficient (Wildman–Crippen LogP) is 4.00. The van der Waals surface area contributed by atoms with Crippen LogP contribution < -0.4 is 14.8 Å². The number of aryl methyl sites for hydroxylation is 1. The molecule has 0 aliphatic carbocycles. The van der Waals surface area contributed by atoms with Gasteiger partial charge in [-0.15, -0.1) is 0 Å². The summed E-state index contributed by atoms with van der Waals surface area (Å²) in [6.07, 6.45) is -0.621. The third-order valence-corrected chi connectivity index (χ3v) is 3.68. The second-order valence-corrected chi connectivity index (χ2v) is 6.14. The Kier molecular flexibility index (Phi) is 6.50. The van der Waals surface area contributed by atoms with Crippen molar-refractivity contribution in [3.63, 3.8) is 0 Å². The largest absolute Gasteiger partial charge is 0.491 e. The molecule has 24 heavy (non-hydrogen) atoms. The zero-order chi connectivity index (χ0) is 17.5. The SMILES string of the molecule is Cc1ccccc1OC[C@@H](C)NC(=O)[C@@H](C)Oc1cccc(Cl)c1. The lowest BCUT2D eigenvalue weighted by molar-refractivity contribution is -0.128. The number of amides is 1. The Balaban J connectivity index is 1.81. The summed E-state index contributed by atoms with van der Waals surface area (Å²) in [5.41, 5.74) is 1.06. The zero-order valence-electron chi connectivity index (χ0n) is 14.1. The molecule has 0 unspecified atom stereocenters. The topological polar surface area (TPSA) is 47.6 Å². The van der Waals surface area contributed by atoms with Crippen LogP contribution in [-0.4, -0.2) is 24.7 Å². The molecule has 0 saturated heterocycles. The molecule has 0 spiro atoms. The fourth-order valence-electron chi connectivity index (χ4n) is 2.13. The van der Waals surface area contributed by atoms with Crippen molar-refractivity contribution >= 4 is 17.5 Å².